The van der Waals surface area contributed by atoms with Crippen molar-refractivity contribution in [2.24, 2.45) is 0 Å². The lowest BCUT2D eigenvalue weighted by molar-refractivity contribution is 0.120. The molecule has 11 heavy (non-hydrogen) atoms. The molecule has 0 radical (unpaired) electrons. The minimum absolute atomic E-state index is 0.125. The Labute approximate surface area is 65.0 Å². The molecule has 1 aromatic rings. The van der Waals surface area contributed by atoms with Crippen molar-refractivity contribution in [3.63, 3.8) is 0 Å². The van der Waals surface area contributed by atoms with Gasteiger partial charge in [0.2, 0.25) is 0 Å². The van der Waals surface area contributed by atoms with E-state index >= 15 is 0 Å². The van der Waals surface area contributed by atoms with Crippen molar-refractivity contribution >= 4 is 0 Å². The molecule has 0 fully saturated rings. The second kappa shape index (κ2) is 2.36. The van der Waals surface area contributed by atoms with E-state index in [1.165, 1.54) is 0 Å². The van der Waals surface area contributed by atoms with E-state index in [9.17, 15) is 5.11 Å². The van der Waals surface area contributed by atoms with Crippen LogP contribution in [-0.4, -0.2) is 11.1 Å². The smallest absolute Gasteiger partial charge is 0.123 e. The lowest BCUT2D eigenvalue weighted by Crippen LogP contribution is -2.36. The third-order valence-corrected chi connectivity index (χ3v) is 2.16. The van der Waals surface area contributed by atoms with Crippen molar-refractivity contribution in [2.75, 3.05) is 0 Å². The van der Waals surface area contributed by atoms with Crippen molar-refractivity contribution in [1.29, 1.82) is 0 Å². The highest BCUT2D eigenvalue weighted by molar-refractivity contribution is 5.23. The van der Waals surface area contributed by atoms with Gasteiger partial charge in [0.15, 0.2) is 0 Å². The van der Waals surface area contributed by atoms with Gasteiger partial charge in [0.05, 0.1) is 18.9 Å². The van der Waals surface area contributed by atoms with Gasteiger partial charge in [0.1, 0.15) is 5.76 Å². The summed E-state index contributed by atoms with van der Waals surface area (Å²) in [7, 11) is 0. The highest BCUT2D eigenvalue weighted by Crippen LogP contribution is 2.26. The first kappa shape index (κ1) is 6.88. The third kappa shape index (κ3) is 0.968. The molecule has 3 nitrogen and oxygen atoms in total. The van der Waals surface area contributed by atoms with Crippen LogP contribution in [-0.2, 0) is 6.54 Å². The van der Waals surface area contributed by atoms with Crippen LogP contribution in [0.4, 0.5) is 0 Å². The first-order valence-electron chi connectivity index (χ1n) is 3.77. The Kier molecular flexibility index (Phi) is 1.47. The van der Waals surface area contributed by atoms with Gasteiger partial charge in [0.25, 0.3) is 0 Å². The van der Waals surface area contributed by atoms with Gasteiger partial charge in [-0.1, -0.05) is 0 Å². The van der Waals surface area contributed by atoms with Crippen molar-refractivity contribution in [1.82, 2.24) is 5.32 Å². The summed E-state index contributed by atoms with van der Waals surface area (Å²) in [4.78, 5) is 0. The van der Waals surface area contributed by atoms with Crippen LogP contribution in [0.5, 0.6) is 0 Å². The summed E-state index contributed by atoms with van der Waals surface area (Å²) in [6, 6.07) is 1.96. The molecule has 0 aliphatic carbocycles. The normalized spacial score (nSPS) is 30.0. The molecular weight excluding hydrogens is 142 g/mol. The molecule has 2 rings (SSSR count). The Morgan fingerprint density at radius 2 is 2.55 bits per heavy atom. The van der Waals surface area contributed by atoms with Crippen LogP contribution in [0.1, 0.15) is 24.4 Å². The number of hydrogen-bond donors (Lipinski definition) is 2. The molecule has 2 heterocycles. The first-order chi connectivity index (χ1) is 5.29. The number of fused-ring (bicyclic) bond motifs is 1. The number of nitrogens with one attached hydrogen (secondary N) is 1. The third-order valence-electron chi connectivity index (χ3n) is 2.16. The minimum atomic E-state index is -0.419. The van der Waals surface area contributed by atoms with E-state index in [2.05, 4.69) is 5.32 Å². The molecule has 0 spiro atoms. The zero-order valence-electron chi connectivity index (χ0n) is 6.37. The lowest BCUT2D eigenvalue weighted by atomic mass is 10.0. The van der Waals surface area contributed by atoms with E-state index in [4.69, 9.17) is 4.42 Å². The average Bonchev–Trinajstić information content (AvgIpc) is 2.45. The van der Waals surface area contributed by atoms with Crippen molar-refractivity contribution in [2.45, 2.75) is 25.6 Å². The Hall–Kier alpha value is -0.800. The molecule has 2 N–H and O–H groups in total. The molecule has 0 amide bonds. The van der Waals surface area contributed by atoms with Crippen LogP contribution in [0.2, 0.25) is 0 Å². The van der Waals surface area contributed by atoms with Gasteiger partial charge < -0.3 is 14.8 Å². The maximum absolute atomic E-state index is 9.60. The highest BCUT2D eigenvalue weighted by Gasteiger charge is 2.25. The fraction of sp³-hybridized carbons (Fsp3) is 0.500. The molecule has 0 saturated heterocycles. The quantitative estimate of drug-likeness (QED) is 0.579. The molecule has 1 aliphatic heterocycles. The van der Waals surface area contributed by atoms with Crippen LogP contribution >= 0.6 is 0 Å². The summed E-state index contributed by atoms with van der Waals surface area (Å²) in [6.07, 6.45) is 1.20. The monoisotopic (exact) mass is 153 g/mol. The number of aliphatic hydroxyl groups excluding tert-OH is 1. The SMILES string of the molecule is CC1NCc2occc2C1O. The maximum atomic E-state index is 9.60. The molecule has 60 valence electrons. The largest absolute Gasteiger partial charge is 0.468 e. The van der Waals surface area contributed by atoms with E-state index < -0.39 is 6.10 Å². The predicted molar refractivity (Wildman–Crippen MR) is 40.0 cm³/mol. The van der Waals surface area contributed by atoms with Gasteiger partial charge in [-0.25, -0.2) is 0 Å². The van der Waals surface area contributed by atoms with Gasteiger partial charge >= 0.3 is 0 Å². The molecule has 3 heteroatoms. The van der Waals surface area contributed by atoms with Crippen LogP contribution in [0.15, 0.2) is 16.7 Å². The minimum Gasteiger partial charge on any atom is -0.468 e. The molecule has 0 bridgehead atoms. The number of furan rings is 1. The van der Waals surface area contributed by atoms with Crippen LogP contribution in [0.3, 0.4) is 0 Å². The fourth-order valence-corrected chi connectivity index (χ4v) is 1.39. The summed E-state index contributed by atoms with van der Waals surface area (Å²) >= 11 is 0. The molecule has 2 unspecified atom stereocenters. The number of aliphatic hydroxyl groups is 1. The molecular formula is C8H11NO2. The summed E-state index contributed by atoms with van der Waals surface area (Å²) in [5.74, 6) is 0.857. The predicted octanol–water partition coefficient (Wildman–Crippen LogP) is 0.805. The van der Waals surface area contributed by atoms with E-state index in [0.29, 0.717) is 0 Å². The van der Waals surface area contributed by atoms with Crippen molar-refractivity contribution < 1.29 is 9.52 Å². The van der Waals surface area contributed by atoms with Crippen molar-refractivity contribution in [3.05, 3.63) is 23.7 Å². The first-order valence-corrected chi connectivity index (χ1v) is 3.77. The molecule has 0 saturated carbocycles. The summed E-state index contributed by atoms with van der Waals surface area (Å²) in [6.45, 7) is 2.68. The van der Waals surface area contributed by atoms with Crippen LogP contribution < -0.4 is 5.32 Å². The van der Waals surface area contributed by atoms with Gasteiger partial charge in [-0.15, -0.1) is 0 Å². The fourth-order valence-electron chi connectivity index (χ4n) is 1.39. The maximum Gasteiger partial charge on any atom is 0.123 e. The Bertz CT molecular complexity index is 256. The van der Waals surface area contributed by atoms with Gasteiger partial charge in [-0.2, -0.15) is 0 Å². The van der Waals surface area contributed by atoms with Crippen LogP contribution in [0, 0.1) is 0 Å². The van der Waals surface area contributed by atoms with Gasteiger partial charge in [-0.05, 0) is 13.0 Å². The van der Waals surface area contributed by atoms with E-state index in [0.717, 1.165) is 17.9 Å². The lowest BCUT2D eigenvalue weighted by Gasteiger charge is -2.24. The number of rotatable bonds is 0. The van der Waals surface area contributed by atoms with E-state index in [-0.39, 0.29) is 6.04 Å². The Morgan fingerprint density at radius 3 is 3.36 bits per heavy atom. The Balaban J connectivity index is 2.38. The molecule has 0 aromatic carbocycles. The number of hydrogen-bond acceptors (Lipinski definition) is 3. The Morgan fingerprint density at radius 1 is 1.73 bits per heavy atom. The molecule has 2 atom stereocenters. The summed E-state index contributed by atoms with van der Waals surface area (Å²) in [5.41, 5.74) is 0.927. The van der Waals surface area contributed by atoms with E-state index in [1.807, 2.05) is 13.0 Å². The standard InChI is InChI=1S/C8H11NO2/c1-5-8(10)6-2-3-11-7(6)4-9-5/h2-3,5,8-10H,4H2,1H3. The van der Waals surface area contributed by atoms with Crippen LogP contribution in [0.25, 0.3) is 0 Å². The second-order valence-electron chi connectivity index (χ2n) is 2.91. The molecule has 1 aliphatic rings. The zero-order chi connectivity index (χ0) is 7.84. The summed E-state index contributed by atoms with van der Waals surface area (Å²) in [5, 5.41) is 12.7. The molecule has 1 aromatic heterocycles. The topological polar surface area (TPSA) is 45.4 Å². The van der Waals surface area contributed by atoms with E-state index in [1.54, 1.807) is 6.26 Å². The zero-order valence-corrected chi connectivity index (χ0v) is 6.37. The summed E-state index contributed by atoms with van der Waals surface area (Å²) < 4.78 is 5.15. The second-order valence-corrected chi connectivity index (χ2v) is 2.91. The van der Waals surface area contributed by atoms with Crippen molar-refractivity contribution in [3.8, 4) is 0 Å². The van der Waals surface area contributed by atoms with Gasteiger partial charge in [-0.3, -0.25) is 0 Å². The van der Waals surface area contributed by atoms with Gasteiger partial charge in [0, 0.05) is 11.6 Å². The highest BCUT2D eigenvalue weighted by atomic mass is 16.3. The average molecular weight is 153 g/mol.